The van der Waals surface area contributed by atoms with E-state index in [2.05, 4.69) is 27.0 Å². The highest BCUT2D eigenvalue weighted by atomic mass is 19.4. The van der Waals surface area contributed by atoms with Crippen LogP contribution in [0.2, 0.25) is 0 Å². The van der Waals surface area contributed by atoms with Crippen molar-refractivity contribution in [3.63, 3.8) is 0 Å². The van der Waals surface area contributed by atoms with Crippen LogP contribution in [0.25, 0.3) is 5.70 Å². The number of nitrogens with zero attached hydrogens (tertiary/aromatic N) is 4. The topological polar surface area (TPSA) is 133 Å². The number of carbonyl (C=O) groups excluding carboxylic acids is 1. The van der Waals surface area contributed by atoms with Crippen molar-refractivity contribution in [2.45, 2.75) is 18.6 Å². The Morgan fingerprint density at radius 1 is 1.39 bits per heavy atom. The summed E-state index contributed by atoms with van der Waals surface area (Å²) in [6.45, 7) is 6.05. The second-order valence-electron chi connectivity index (χ2n) is 7.35. The Bertz CT molecular complexity index is 1150. The second kappa shape index (κ2) is 9.28. The van der Waals surface area contributed by atoms with Gasteiger partial charge in [-0.25, -0.2) is 9.67 Å². The molecule has 0 spiro atoms. The average molecular weight is 461 g/mol. The molecule has 0 radical (unpaired) electrons. The van der Waals surface area contributed by atoms with Gasteiger partial charge in [-0.2, -0.15) is 18.3 Å². The third kappa shape index (κ3) is 5.66. The summed E-state index contributed by atoms with van der Waals surface area (Å²) in [5.41, 5.74) is 10.6. The summed E-state index contributed by atoms with van der Waals surface area (Å²) in [7, 11) is 0. The van der Waals surface area contributed by atoms with Gasteiger partial charge in [-0.3, -0.25) is 9.79 Å². The van der Waals surface area contributed by atoms with E-state index in [1.807, 2.05) is 13.0 Å². The molecule has 1 atom stereocenters. The van der Waals surface area contributed by atoms with E-state index >= 15 is 0 Å². The number of aliphatic imine (C=N–C) groups is 2. The average Bonchev–Trinajstić information content (AvgIpc) is 3.25. The highest BCUT2D eigenvalue weighted by Crippen LogP contribution is 2.30. The lowest BCUT2D eigenvalue weighted by Crippen LogP contribution is -2.37. The minimum absolute atomic E-state index is 0.000297. The van der Waals surface area contributed by atoms with Crippen LogP contribution in [0.1, 0.15) is 18.2 Å². The number of benzene rings is 1. The van der Waals surface area contributed by atoms with Crippen LogP contribution < -0.4 is 16.8 Å². The molecule has 12 heteroatoms. The largest absolute Gasteiger partial charge is 0.435 e. The van der Waals surface area contributed by atoms with Gasteiger partial charge in [-0.1, -0.05) is 18.7 Å². The summed E-state index contributed by atoms with van der Waals surface area (Å²) in [6, 6.07) is 7.77. The number of rotatable bonds is 6. The van der Waals surface area contributed by atoms with Crippen molar-refractivity contribution in [1.82, 2.24) is 9.78 Å². The first-order valence-corrected chi connectivity index (χ1v) is 9.64. The first-order valence-electron chi connectivity index (χ1n) is 9.64. The maximum Gasteiger partial charge on any atom is 0.435 e. The van der Waals surface area contributed by atoms with E-state index in [4.69, 9.17) is 16.2 Å². The van der Waals surface area contributed by atoms with E-state index in [9.17, 15) is 18.0 Å². The predicted molar refractivity (Wildman–Crippen MR) is 118 cm³/mol. The van der Waals surface area contributed by atoms with Crippen LogP contribution >= 0.6 is 0 Å². The quantitative estimate of drug-likeness (QED) is 0.449. The van der Waals surface area contributed by atoms with Crippen molar-refractivity contribution in [3.05, 3.63) is 66.3 Å². The molecule has 5 N–H and O–H groups in total. The van der Waals surface area contributed by atoms with Crippen molar-refractivity contribution < 1.29 is 22.7 Å². The zero-order valence-electron chi connectivity index (χ0n) is 17.6. The number of hydrogen-bond acceptors (Lipinski definition) is 7. The SMILES string of the molecule is C=C(C=N/C(=C\N)C(=O)Nc1cccc(C2(C)COCC(N)=N2)c1)n1ccc(C(F)(F)F)n1. The van der Waals surface area contributed by atoms with E-state index in [1.165, 1.54) is 0 Å². The van der Waals surface area contributed by atoms with E-state index in [1.54, 1.807) is 18.2 Å². The Morgan fingerprint density at radius 2 is 2.15 bits per heavy atom. The summed E-state index contributed by atoms with van der Waals surface area (Å²) in [6.07, 6.45) is -1.45. The standard InChI is InChI=1S/C21H22F3N7O2/c1-13(31-7-6-17(30-31)21(22,23)24)10-27-16(9-25)19(32)28-15-5-3-4-14(8-15)20(2)12-33-11-18(26)29-20/h3-10H,1,11-12,25H2,2H3,(H2,26,29)(H,28,32)/b16-9-,27-10?. The molecule has 2 heterocycles. The van der Waals surface area contributed by atoms with Gasteiger partial charge in [0.15, 0.2) is 5.69 Å². The smallest absolute Gasteiger partial charge is 0.403 e. The van der Waals surface area contributed by atoms with Crippen molar-refractivity contribution in [2.75, 3.05) is 18.5 Å². The molecule has 174 valence electrons. The molecule has 1 unspecified atom stereocenters. The molecule has 1 aliphatic rings. The fourth-order valence-corrected chi connectivity index (χ4v) is 3.03. The molecule has 1 aromatic carbocycles. The van der Waals surface area contributed by atoms with Crippen LogP contribution in [0.4, 0.5) is 18.9 Å². The highest BCUT2D eigenvalue weighted by Gasteiger charge is 2.33. The molecule has 0 bridgehead atoms. The van der Waals surface area contributed by atoms with Crippen LogP contribution in [-0.2, 0) is 21.2 Å². The van der Waals surface area contributed by atoms with E-state index < -0.39 is 23.3 Å². The maximum absolute atomic E-state index is 12.7. The number of alkyl halides is 3. The molecular weight excluding hydrogens is 439 g/mol. The van der Waals surface area contributed by atoms with Crippen molar-refractivity contribution >= 4 is 29.3 Å². The first-order chi connectivity index (χ1) is 15.5. The monoisotopic (exact) mass is 461 g/mol. The predicted octanol–water partition coefficient (Wildman–Crippen LogP) is 2.48. The molecular formula is C21H22F3N7O2. The highest BCUT2D eigenvalue weighted by molar-refractivity contribution is 6.08. The minimum Gasteiger partial charge on any atom is -0.403 e. The first kappa shape index (κ1) is 23.7. The summed E-state index contributed by atoms with van der Waals surface area (Å²) >= 11 is 0. The number of anilines is 1. The number of halogens is 3. The third-order valence-corrected chi connectivity index (χ3v) is 4.68. The van der Waals surface area contributed by atoms with Gasteiger partial charge in [0.1, 0.15) is 23.7 Å². The van der Waals surface area contributed by atoms with Crippen LogP contribution in [0, 0.1) is 0 Å². The van der Waals surface area contributed by atoms with Crippen molar-refractivity contribution in [1.29, 1.82) is 0 Å². The zero-order valence-corrected chi connectivity index (χ0v) is 17.6. The van der Waals surface area contributed by atoms with Gasteiger partial charge >= 0.3 is 6.18 Å². The van der Waals surface area contributed by atoms with Gasteiger partial charge in [0.2, 0.25) is 0 Å². The molecule has 1 aliphatic heterocycles. The summed E-state index contributed by atoms with van der Waals surface area (Å²) in [4.78, 5) is 21.0. The van der Waals surface area contributed by atoms with E-state index in [-0.39, 0.29) is 18.0 Å². The second-order valence-corrected chi connectivity index (χ2v) is 7.35. The molecule has 2 aromatic rings. The van der Waals surface area contributed by atoms with Gasteiger partial charge in [0, 0.05) is 18.1 Å². The molecule has 0 saturated heterocycles. The molecule has 0 fully saturated rings. The lowest BCUT2D eigenvalue weighted by Gasteiger charge is -2.30. The Kier molecular flexibility index (Phi) is 6.68. The number of nitrogens with two attached hydrogens (primary N) is 2. The van der Waals surface area contributed by atoms with Gasteiger partial charge in [0.25, 0.3) is 5.91 Å². The number of amidine groups is 1. The number of aromatic nitrogens is 2. The summed E-state index contributed by atoms with van der Waals surface area (Å²) in [5.74, 6) is -0.260. The van der Waals surface area contributed by atoms with Crippen LogP contribution in [0.5, 0.6) is 0 Å². The van der Waals surface area contributed by atoms with E-state index in [0.717, 1.165) is 34.9 Å². The minimum atomic E-state index is -4.59. The van der Waals surface area contributed by atoms with Crippen molar-refractivity contribution in [2.24, 2.45) is 21.5 Å². The number of nitrogens with one attached hydrogen (secondary N) is 1. The molecule has 33 heavy (non-hydrogen) atoms. The van der Waals surface area contributed by atoms with Crippen LogP contribution in [0.3, 0.4) is 0 Å². The Balaban J connectivity index is 1.71. The molecule has 3 rings (SSSR count). The van der Waals surface area contributed by atoms with E-state index in [0.29, 0.717) is 18.1 Å². The van der Waals surface area contributed by atoms with Gasteiger partial charge in [-0.15, -0.1) is 0 Å². The molecule has 1 aromatic heterocycles. The third-order valence-electron chi connectivity index (χ3n) is 4.68. The molecule has 0 saturated carbocycles. The summed E-state index contributed by atoms with van der Waals surface area (Å²) < 4.78 is 44.5. The lowest BCUT2D eigenvalue weighted by atomic mass is 9.92. The zero-order chi connectivity index (χ0) is 24.2. The van der Waals surface area contributed by atoms with Crippen LogP contribution in [0.15, 0.2) is 65.0 Å². The maximum atomic E-state index is 12.7. The number of hydrogen-bond donors (Lipinski definition) is 3. The molecule has 1 amide bonds. The fraction of sp³-hybridized carbons (Fsp3) is 0.238. The van der Waals surface area contributed by atoms with Crippen LogP contribution in [-0.4, -0.2) is 41.0 Å². The molecule has 9 nitrogen and oxygen atoms in total. The van der Waals surface area contributed by atoms with Crippen molar-refractivity contribution in [3.8, 4) is 0 Å². The number of amides is 1. The Morgan fingerprint density at radius 3 is 2.79 bits per heavy atom. The van der Waals surface area contributed by atoms with Gasteiger partial charge < -0.3 is 21.5 Å². The lowest BCUT2D eigenvalue weighted by molar-refractivity contribution is -0.141. The number of carbonyl (C=O) groups is 1. The van der Waals surface area contributed by atoms with Gasteiger partial charge in [0.05, 0.1) is 18.5 Å². The molecule has 0 aliphatic carbocycles. The summed E-state index contributed by atoms with van der Waals surface area (Å²) in [5, 5.41) is 6.05. The number of allylic oxidation sites excluding steroid dienone is 1. The Labute approximate surface area is 187 Å². The normalized spacial score (nSPS) is 19.4. The number of ether oxygens (including phenoxy) is 1. The fourth-order valence-electron chi connectivity index (χ4n) is 3.03. The Hall–Kier alpha value is -3.93. The van der Waals surface area contributed by atoms with Gasteiger partial charge in [-0.05, 0) is 30.7 Å².